The van der Waals surface area contributed by atoms with E-state index in [4.69, 9.17) is 11.5 Å². The molecule has 0 aliphatic heterocycles. The van der Waals surface area contributed by atoms with Crippen molar-refractivity contribution in [1.29, 1.82) is 0 Å². The quantitative estimate of drug-likeness (QED) is 0.427. The number of hydrogen-bond acceptors (Lipinski definition) is 6. The number of aliphatic hydroxyl groups is 2. The second kappa shape index (κ2) is 6.34. The van der Waals surface area contributed by atoms with E-state index in [9.17, 15) is 15.0 Å². The van der Waals surface area contributed by atoms with Gasteiger partial charge in [-0.1, -0.05) is 6.07 Å². The summed E-state index contributed by atoms with van der Waals surface area (Å²) in [6.45, 7) is 0.272. The summed E-state index contributed by atoms with van der Waals surface area (Å²) in [5.41, 5.74) is 11.8. The van der Waals surface area contributed by atoms with Crippen molar-refractivity contribution in [3.05, 3.63) is 29.3 Å². The molecular formula is C12H18N2O4. The lowest BCUT2D eigenvalue weighted by molar-refractivity contribution is 0.0150. The standard InChI is InChI=1S/C12H18N2O4/c1-18-12(17)8-3-2-7(6-9(8)14)11(16)10(15)4-5-13/h2-3,6,10-11,15-16H,4-5,13-14H2,1H3. The largest absolute Gasteiger partial charge is 0.465 e. The van der Waals surface area contributed by atoms with Gasteiger partial charge >= 0.3 is 5.97 Å². The van der Waals surface area contributed by atoms with Crippen LogP contribution in [0.15, 0.2) is 18.2 Å². The minimum absolute atomic E-state index is 0.193. The summed E-state index contributed by atoms with van der Waals surface area (Å²) in [4.78, 5) is 11.3. The van der Waals surface area contributed by atoms with Gasteiger partial charge in [0.25, 0.3) is 0 Å². The molecule has 0 saturated heterocycles. The fourth-order valence-corrected chi connectivity index (χ4v) is 1.61. The highest BCUT2D eigenvalue weighted by Gasteiger charge is 2.19. The van der Waals surface area contributed by atoms with Gasteiger partial charge in [0.05, 0.1) is 18.8 Å². The third-order valence-corrected chi connectivity index (χ3v) is 2.65. The first-order valence-corrected chi connectivity index (χ1v) is 5.55. The smallest absolute Gasteiger partial charge is 0.339 e. The molecular weight excluding hydrogens is 236 g/mol. The number of benzene rings is 1. The van der Waals surface area contributed by atoms with Crippen LogP contribution in [0.4, 0.5) is 5.69 Å². The topological polar surface area (TPSA) is 119 Å². The minimum Gasteiger partial charge on any atom is -0.465 e. The number of rotatable bonds is 5. The summed E-state index contributed by atoms with van der Waals surface area (Å²) in [6.07, 6.45) is -1.76. The molecule has 0 fully saturated rings. The maximum Gasteiger partial charge on any atom is 0.339 e. The number of methoxy groups -OCH3 is 1. The molecule has 6 N–H and O–H groups in total. The zero-order chi connectivity index (χ0) is 13.7. The van der Waals surface area contributed by atoms with Crippen molar-refractivity contribution in [1.82, 2.24) is 0 Å². The Morgan fingerprint density at radius 1 is 1.44 bits per heavy atom. The maximum atomic E-state index is 11.3. The van der Waals surface area contributed by atoms with Crippen LogP contribution < -0.4 is 11.5 Å². The monoisotopic (exact) mass is 254 g/mol. The van der Waals surface area contributed by atoms with Crippen molar-refractivity contribution in [2.45, 2.75) is 18.6 Å². The Hall–Kier alpha value is -1.63. The lowest BCUT2D eigenvalue weighted by Crippen LogP contribution is -2.22. The van der Waals surface area contributed by atoms with Crippen LogP contribution in [0, 0.1) is 0 Å². The van der Waals surface area contributed by atoms with Crippen LogP contribution in [0.3, 0.4) is 0 Å². The van der Waals surface area contributed by atoms with Gasteiger partial charge in [-0.15, -0.1) is 0 Å². The molecule has 0 amide bonds. The maximum absolute atomic E-state index is 11.3. The van der Waals surface area contributed by atoms with E-state index in [2.05, 4.69) is 4.74 Å². The molecule has 1 aromatic carbocycles. The Balaban J connectivity index is 2.93. The fraction of sp³-hybridized carbons (Fsp3) is 0.417. The minimum atomic E-state index is -1.08. The Bertz CT molecular complexity index is 423. The number of nitrogens with two attached hydrogens (primary N) is 2. The lowest BCUT2D eigenvalue weighted by Gasteiger charge is -2.18. The summed E-state index contributed by atoms with van der Waals surface area (Å²) in [7, 11) is 1.26. The predicted octanol–water partition coefficient (Wildman–Crippen LogP) is -0.202. The number of aliphatic hydroxyl groups excluding tert-OH is 2. The van der Waals surface area contributed by atoms with Gasteiger partial charge in [0.15, 0.2) is 0 Å². The molecule has 1 aromatic rings. The van der Waals surface area contributed by atoms with Crippen LogP contribution in [0.2, 0.25) is 0 Å². The molecule has 1 rings (SSSR count). The Labute approximate surface area is 105 Å². The number of anilines is 1. The lowest BCUT2D eigenvalue weighted by atomic mass is 9.99. The molecule has 0 bridgehead atoms. The van der Waals surface area contributed by atoms with E-state index in [0.29, 0.717) is 5.56 Å². The summed E-state index contributed by atoms with van der Waals surface area (Å²) in [6, 6.07) is 4.42. The molecule has 0 aromatic heterocycles. The summed E-state index contributed by atoms with van der Waals surface area (Å²) >= 11 is 0. The molecule has 0 spiro atoms. The average molecular weight is 254 g/mol. The van der Waals surface area contributed by atoms with Crippen LogP contribution in [0.5, 0.6) is 0 Å². The van der Waals surface area contributed by atoms with Gasteiger partial charge < -0.3 is 26.4 Å². The van der Waals surface area contributed by atoms with Gasteiger partial charge in [-0.2, -0.15) is 0 Å². The van der Waals surface area contributed by atoms with E-state index in [1.165, 1.54) is 25.3 Å². The SMILES string of the molecule is COC(=O)c1ccc(C(O)C(O)CCN)cc1N. The summed E-state index contributed by atoms with van der Waals surface area (Å²) < 4.78 is 4.56. The molecule has 0 heterocycles. The highest BCUT2D eigenvalue weighted by Crippen LogP contribution is 2.23. The second-order valence-electron chi connectivity index (χ2n) is 3.93. The van der Waals surface area contributed by atoms with Gasteiger partial charge in [-0.05, 0) is 30.7 Å². The first kappa shape index (κ1) is 14.4. The van der Waals surface area contributed by atoms with Crippen LogP contribution in [0.1, 0.15) is 28.4 Å². The molecule has 100 valence electrons. The zero-order valence-electron chi connectivity index (χ0n) is 10.2. The van der Waals surface area contributed by atoms with Gasteiger partial charge in [0.2, 0.25) is 0 Å². The van der Waals surface area contributed by atoms with Crippen molar-refractivity contribution in [2.75, 3.05) is 19.4 Å². The van der Waals surface area contributed by atoms with E-state index in [1.54, 1.807) is 0 Å². The molecule has 0 saturated carbocycles. The molecule has 2 atom stereocenters. The fourth-order valence-electron chi connectivity index (χ4n) is 1.61. The van der Waals surface area contributed by atoms with E-state index in [0.717, 1.165) is 0 Å². The number of hydrogen-bond donors (Lipinski definition) is 4. The van der Waals surface area contributed by atoms with Crippen molar-refractivity contribution < 1.29 is 19.7 Å². The molecule has 0 aliphatic rings. The van der Waals surface area contributed by atoms with E-state index < -0.39 is 18.2 Å². The molecule has 6 nitrogen and oxygen atoms in total. The first-order valence-electron chi connectivity index (χ1n) is 5.55. The third-order valence-electron chi connectivity index (χ3n) is 2.65. The van der Waals surface area contributed by atoms with Crippen LogP contribution in [-0.2, 0) is 4.74 Å². The number of ether oxygens (including phenoxy) is 1. The Kier molecular flexibility index (Phi) is 5.08. The predicted molar refractivity (Wildman–Crippen MR) is 66.8 cm³/mol. The average Bonchev–Trinajstić information content (AvgIpc) is 2.37. The molecule has 0 aliphatic carbocycles. The number of nitrogen functional groups attached to an aromatic ring is 1. The van der Waals surface area contributed by atoms with E-state index >= 15 is 0 Å². The van der Waals surface area contributed by atoms with Gasteiger partial charge in [0, 0.05) is 5.69 Å². The normalized spacial score (nSPS) is 14.0. The first-order chi connectivity index (χ1) is 8.51. The van der Waals surface area contributed by atoms with Gasteiger partial charge in [-0.25, -0.2) is 4.79 Å². The summed E-state index contributed by atoms with van der Waals surface area (Å²) in [5.74, 6) is -0.545. The second-order valence-corrected chi connectivity index (χ2v) is 3.93. The number of carbonyl (C=O) groups is 1. The molecule has 18 heavy (non-hydrogen) atoms. The van der Waals surface area contributed by atoms with Crippen molar-refractivity contribution in [3.8, 4) is 0 Å². The molecule has 2 unspecified atom stereocenters. The third kappa shape index (κ3) is 3.19. The van der Waals surface area contributed by atoms with Crippen molar-refractivity contribution in [3.63, 3.8) is 0 Å². The van der Waals surface area contributed by atoms with E-state index in [-0.39, 0.29) is 24.2 Å². The van der Waals surface area contributed by atoms with Crippen molar-refractivity contribution >= 4 is 11.7 Å². The van der Waals surface area contributed by atoms with Crippen molar-refractivity contribution in [2.24, 2.45) is 5.73 Å². The zero-order valence-corrected chi connectivity index (χ0v) is 10.2. The van der Waals surface area contributed by atoms with Crippen LogP contribution in [0.25, 0.3) is 0 Å². The van der Waals surface area contributed by atoms with Gasteiger partial charge in [-0.3, -0.25) is 0 Å². The highest BCUT2D eigenvalue weighted by molar-refractivity contribution is 5.95. The molecule has 0 radical (unpaired) electrons. The molecule has 6 heteroatoms. The number of carbonyl (C=O) groups excluding carboxylic acids is 1. The van der Waals surface area contributed by atoms with Gasteiger partial charge in [0.1, 0.15) is 6.10 Å². The van der Waals surface area contributed by atoms with E-state index in [1.807, 2.05) is 0 Å². The highest BCUT2D eigenvalue weighted by atomic mass is 16.5. The Morgan fingerprint density at radius 2 is 2.11 bits per heavy atom. The number of esters is 1. The Morgan fingerprint density at radius 3 is 2.61 bits per heavy atom. The van der Waals surface area contributed by atoms with Crippen LogP contribution in [-0.4, -0.2) is 35.9 Å². The summed E-state index contributed by atoms with van der Waals surface area (Å²) in [5, 5.41) is 19.5. The van der Waals surface area contributed by atoms with Crippen LogP contribution >= 0.6 is 0 Å².